The van der Waals surface area contributed by atoms with Crippen molar-refractivity contribution in [3.05, 3.63) is 24.2 Å². The zero-order chi connectivity index (χ0) is 14.8. The van der Waals surface area contributed by atoms with Crippen LogP contribution < -0.4 is 4.90 Å². The highest BCUT2D eigenvalue weighted by molar-refractivity contribution is 9.09. The molecular formula is C16H23BrN4. The second kappa shape index (κ2) is 6.34. The molecule has 0 bridgehead atoms. The number of anilines is 1. The molecule has 5 heteroatoms. The summed E-state index contributed by atoms with van der Waals surface area (Å²) in [5.74, 6) is 1.54. The van der Waals surface area contributed by atoms with Gasteiger partial charge in [-0.05, 0) is 37.7 Å². The number of piperidine rings is 1. The number of nitrogens with zero attached hydrogens (tertiary/aromatic N) is 4. The lowest BCUT2D eigenvalue weighted by atomic mass is 10.00. The van der Waals surface area contributed by atoms with Crippen molar-refractivity contribution in [3.8, 4) is 0 Å². The fourth-order valence-corrected chi connectivity index (χ4v) is 3.66. The summed E-state index contributed by atoms with van der Waals surface area (Å²) in [5, 5.41) is 5.73. The number of hydrogen-bond donors (Lipinski definition) is 0. The summed E-state index contributed by atoms with van der Waals surface area (Å²) in [4.78, 5) is 7.18. The number of halogens is 1. The Morgan fingerprint density at radius 3 is 3.00 bits per heavy atom. The highest BCUT2D eigenvalue weighted by Crippen LogP contribution is 2.29. The summed E-state index contributed by atoms with van der Waals surface area (Å²) in [5.41, 5.74) is 2.28. The molecule has 3 heterocycles. The molecular weight excluding hydrogens is 328 g/mol. The van der Waals surface area contributed by atoms with Gasteiger partial charge >= 0.3 is 0 Å². The van der Waals surface area contributed by atoms with Crippen molar-refractivity contribution in [1.82, 2.24) is 14.6 Å². The summed E-state index contributed by atoms with van der Waals surface area (Å²) in [7, 11) is 0. The van der Waals surface area contributed by atoms with Crippen molar-refractivity contribution in [2.24, 2.45) is 0 Å². The minimum atomic E-state index is 0.442. The Morgan fingerprint density at radius 1 is 1.38 bits per heavy atom. The van der Waals surface area contributed by atoms with Gasteiger partial charge in [0.05, 0.1) is 5.69 Å². The van der Waals surface area contributed by atoms with E-state index in [-0.39, 0.29) is 0 Å². The first-order valence-electron chi connectivity index (χ1n) is 7.87. The van der Waals surface area contributed by atoms with E-state index in [9.17, 15) is 0 Å². The van der Waals surface area contributed by atoms with E-state index in [1.165, 1.54) is 25.7 Å². The van der Waals surface area contributed by atoms with Crippen LogP contribution in [0.1, 0.15) is 51.1 Å². The molecule has 1 aliphatic heterocycles. The molecule has 114 valence electrons. The molecule has 1 unspecified atom stereocenters. The monoisotopic (exact) mass is 350 g/mol. The Bertz CT molecular complexity index is 605. The standard InChI is InChI=1S/C16H23BrN4/c1-12(2)14-11-15-16(18-8-10-21(15)19-14)20-9-4-3-5-13(20)6-7-17/h8,10-13H,3-7,9H2,1-2H3. The van der Waals surface area contributed by atoms with Crippen LogP contribution in [-0.2, 0) is 0 Å². The molecule has 0 aromatic carbocycles. The van der Waals surface area contributed by atoms with Gasteiger partial charge in [0.15, 0.2) is 5.82 Å². The van der Waals surface area contributed by atoms with Crippen LogP contribution in [0, 0.1) is 0 Å². The van der Waals surface area contributed by atoms with Crippen LogP contribution >= 0.6 is 15.9 Å². The molecule has 21 heavy (non-hydrogen) atoms. The van der Waals surface area contributed by atoms with E-state index in [0.29, 0.717) is 12.0 Å². The van der Waals surface area contributed by atoms with Gasteiger partial charge in [-0.15, -0.1) is 0 Å². The Balaban J connectivity index is 2.01. The highest BCUT2D eigenvalue weighted by atomic mass is 79.9. The van der Waals surface area contributed by atoms with Gasteiger partial charge in [0.1, 0.15) is 5.52 Å². The SMILES string of the molecule is CC(C)c1cc2c(N3CCCCC3CCBr)nccn2n1. The van der Waals surface area contributed by atoms with E-state index >= 15 is 0 Å². The molecule has 2 aromatic rings. The molecule has 1 saturated heterocycles. The van der Waals surface area contributed by atoms with E-state index in [2.05, 4.69) is 50.8 Å². The maximum absolute atomic E-state index is 4.69. The fourth-order valence-electron chi connectivity index (χ4n) is 3.14. The first-order valence-corrected chi connectivity index (χ1v) is 8.99. The first kappa shape index (κ1) is 14.8. The number of rotatable bonds is 4. The summed E-state index contributed by atoms with van der Waals surface area (Å²) in [6, 6.07) is 2.79. The lowest BCUT2D eigenvalue weighted by Gasteiger charge is -2.36. The molecule has 0 amide bonds. The van der Waals surface area contributed by atoms with Crippen molar-refractivity contribution < 1.29 is 0 Å². The number of hydrogen-bond acceptors (Lipinski definition) is 3. The van der Waals surface area contributed by atoms with Crippen LogP contribution in [0.5, 0.6) is 0 Å². The van der Waals surface area contributed by atoms with Crippen LogP contribution in [0.2, 0.25) is 0 Å². The third kappa shape index (κ3) is 2.93. The number of aromatic nitrogens is 3. The third-order valence-corrected chi connectivity index (χ3v) is 4.78. The summed E-state index contributed by atoms with van der Waals surface area (Å²) in [6.45, 7) is 5.47. The molecule has 3 rings (SSSR count). The van der Waals surface area contributed by atoms with E-state index in [0.717, 1.165) is 28.9 Å². The third-order valence-electron chi connectivity index (χ3n) is 4.32. The normalized spacial score (nSPS) is 19.6. The van der Waals surface area contributed by atoms with Crippen LogP contribution in [0.15, 0.2) is 18.5 Å². The van der Waals surface area contributed by atoms with E-state index in [4.69, 9.17) is 0 Å². The molecule has 1 atom stereocenters. The van der Waals surface area contributed by atoms with Crippen LogP contribution in [0.4, 0.5) is 5.82 Å². The minimum Gasteiger partial charge on any atom is -0.352 e. The van der Waals surface area contributed by atoms with Gasteiger partial charge < -0.3 is 4.90 Å². The van der Waals surface area contributed by atoms with Gasteiger partial charge in [0.25, 0.3) is 0 Å². The minimum absolute atomic E-state index is 0.442. The Morgan fingerprint density at radius 2 is 2.24 bits per heavy atom. The van der Waals surface area contributed by atoms with Gasteiger partial charge in [-0.2, -0.15) is 5.10 Å². The topological polar surface area (TPSA) is 33.4 Å². The van der Waals surface area contributed by atoms with Crippen molar-refractivity contribution in [1.29, 1.82) is 0 Å². The van der Waals surface area contributed by atoms with Gasteiger partial charge in [0, 0.05) is 30.3 Å². The van der Waals surface area contributed by atoms with E-state index in [1.54, 1.807) is 0 Å². The van der Waals surface area contributed by atoms with Gasteiger partial charge in [-0.3, -0.25) is 0 Å². The molecule has 0 spiro atoms. The van der Waals surface area contributed by atoms with E-state index in [1.807, 2.05) is 16.9 Å². The lowest BCUT2D eigenvalue weighted by molar-refractivity contribution is 0.450. The average molecular weight is 351 g/mol. The summed E-state index contributed by atoms with van der Waals surface area (Å²) >= 11 is 3.59. The quantitative estimate of drug-likeness (QED) is 0.781. The molecule has 1 aliphatic rings. The average Bonchev–Trinajstić information content (AvgIpc) is 2.92. The Labute approximate surface area is 134 Å². The summed E-state index contributed by atoms with van der Waals surface area (Å²) < 4.78 is 1.98. The molecule has 1 fully saturated rings. The predicted molar refractivity (Wildman–Crippen MR) is 90.5 cm³/mol. The smallest absolute Gasteiger partial charge is 0.154 e. The zero-order valence-electron chi connectivity index (χ0n) is 12.8. The number of alkyl halides is 1. The maximum atomic E-state index is 4.69. The van der Waals surface area contributed by atoms with Crippen molar-refractivity contribution in [2.75, 3.05) is 16.8 Å². The maximum Gasteiger partial charge on any atom is 0.154 e. The van der Waals surface area contributed by atoms with Gasteiger partial charge in [0.2, 0.25) is 0 Å². The van der Waals surface area contributed by atoms with Gasteiger partial charge in [-0.25, -0.2) is 9.50 Å². The number of fused-ring (bicyclic) bond motifs is 1. The summed E-state index contributed by atoms with van der Waals surface area (Å²) in [6.07, 6.45) is 8.85. The van der Waals surface area contributed by atoms with Crippen LogP contribution in [-0.4, -0.2) is 32.5 Å². The fraction of sp³-hybridized carbons (Fsp3) is 0.625. The lowest BCUT2D eigenvalue weighted by Crippen LogP contribution is -2.40. The Hall–Kier alpha value is -1.10. The predicted octanol–water partition coefficient (Wildman–Crippen LogP) is 4.00. The second-order valence-electron chi connectivity index (χ2n) is 6.13. The van der Waals surface area contributed by atoms with Gasteiger partial charge in [-0.1, -0.05) is 29.8 Å². The molecule has 0 saturated carbocycles. The molecule has 0 N–H and O–H groups in total. The van der Waals surface area contributed by atoms with Crippen LogP contribution in [0.3, 0.4) is 0 Å². The molecule has 0 aliphatic carbocycles. The second-order valence-corrected chi connectivity index (χ2v) is 6.92. The largest absolute Gasteiger partial charge is 0.352 e. The van der Waals surface area contributed by atoms with Crippen LogP contribution in [0.25, 0.3) is 5.52 Å². The Kier molecular flexibility index (Phi) is 4.48. The molecule has 4 nitrogen and oxygen atoms in total. The van der Waals surface area contributed by atoms with Crippen molar-refractivity contribution >= 4 is 27.3 Å². The molecule has 2 aromatic heterocycles. The highest BCUT2D eigenvalue weighted by Gasteiger charge is 2.25. The van der Waals surface area contributed by atoms with Crippen molar-refractivity contribution in [3.63, 3.8) is 0 Å². The molecule has 0 radical (unpaired) electrons. The zero-order valence-corrected chi connectivity index (χ0v) is 14.4. The first-order chi connectivity index (χ1) is 10.2. The van der Waals surface area contributed by atoms with E-state index < -0.39 is 0 Å². The van der Waals surface area contributed by atoms with Crippen molar-refractivity contribution in [2.45, 2.75) is 51.5 Å².